The molecule has 0 fully saturated rings. The van der Waals surface area contributed by atoms with E-state index in [9.17, 15) is 0 Å². The van der Waals surface area contributed by atoms with Crippen LogP contribution in [0, 0.1) is 6.92 Å². The Morgan fingerprint density at radius 1 is 1.19 bits per heavy atom. The minimum absolute atomic E-state index is 0.497. The van der Waals surface area contributed by atoms with Gasteiger partial charge in [0.15, 0.2) is 0 Å². The molecule has 0 aliphatic carbocycles. The Kier molecular flexibility index (Phi) is 3.19. The molecule has 16 heavy (non-hydrogen) atoms. The summed E-state index contributed by atoms with van der Waals surface area (Å²) in [5, 5.41) is 8.10. The molecule has 0 saturated heterocycles. The highest BCUT2D eigenvalue weighted by Gasteiger charge is 2.06. The van der Waals surface area contributed by atoms with E-state index < -0.39 is 0 Å². The Hall–Kier alpha value is -1.42. The van der Waals surface area contributed by atoms with E-state index in [1.54, 1.807) is 7.11 Å². The highest BCUT2D eigenvalue weighted by molar-refractivity contribution is 9.10. The first-order chi connectivity index (χ1) is 7.70. The average molecular weight is 279 g/mol. The van der Waals surface area contributed by atoms with Crippen molar-refractivity contribution in [3.8, 4) is 17.1 Å². The van der Waals surface area contributed by atoms with Crippen LogP contribution in [0.5, 0.6) is 5.88 Å². The van der Waals surface area contributed by atoms with Crippen LogP contribution in [0.25, 0.3) is 11.3 Å². The molecule has 1 heterocycles. The van der Waals surface area contributed by atoms with Crippen molar-refractivity contribution in [2.45, 2.75) is 6.92 Å². The summed E-state index contributed by atoms with van der Waals surface area (Å²) in [6.45, 7) is 2.05. The average Bonchev–Trinajstić information content (AvgIpc) is 2.29. The van der Waals surface area contributed by atoms with Crippen molar-refractivity contribution in [2.24, 2.45) is 0 Å². The number of ether oxygens (including phenoxy) is 1. The molecule has 0 N–H and O–H groups in total. The topological polar surface area (TPSA) is 35.0 Å². The number of rotatable bonds is 2. The number of nitrogens with zero attached hydrogens (tertiary/aromatic N) is 2. The van der Waals surface area contributed by atoms with Gasteiger partial charge < -0.3 is 4.74 Å². The summed E-state index contributed by atoms with van der Waals surface area (Å²) in [6, 6.07) is 10.0. The number of aryl methyl sites for hydroxylation is 1. The molecule has 1 aromatic heterocycles. The maximum atomic E-state index is 5.04. The molecule has 0 amide bonds. The Labute approximate surface area is 103 Å². The van der Waals surface area contributed by atoms with Gasteiger partial charge in [-0.2, -0.15) is 0 Å². The molecule has 0 aliphatic rings. The third-order valence-electron chi connectivity index (χ3n) is 2.22. The Morgan fingerprint density at radius 3 is 2.62 bits per heavy atom. The number of hydrogen-bond donors (Lipinski definition) is 0. The standard InChI is InChI=1S/C12H11BrN2O/c1-8-4-3-5-9(6-8)11-7-10(13)12(16-2)15-14-11/h3-7H,1-2H3. The zero-order chi connectivity index (χ0) is 11.5. The molecule has 1 aromatic carbocycles. The van der Waals surface area contributed by atoms with Crippen LogP contribution in [-0.4, -0.2) is 17.3 Å². The van der Waals surface area contributed by atoms with Crippen LogP contribution in [0.2, 0.25) is 0 Å². The fourth-order valence-corrected chi connectivity index (χ4v) is 1.90. The second kappa shape index (κ2) is 4.61. The largest absolute Gasteiger partial charge is 0.479 e. The summed E-state index contributed by atoms with van der Waals surface area (Å²) in [4.78, 5) is 0. The number of halogens is 1. The van der Waals surface area contributed by atoms with E-state index in [2.05, 4.69) is 45.2 Å². The Morgan fingerprint density at radius 2 is 2.00 bits per heavy atom. The van der Waals surface area contributed by atoms with E-state index >= 15 is 0 Å². The fraction of sp³-hybridized carbons (Fsp3) is 0.167. The van der Waals surface area contributed by atoms with Crippen LogP contribution in [0.4, 0.5) is 0 Å². The molecule has 3 nitrogen and oxygen atoms in total. The normalized spacial score (nSPS) is 10.2. The lowest BCUT2D eigenvalue weighted by atomic mass is 10.1. The van der Waals surface area contributed by atoms with Gasteiger partial charge in [-0.05, 0) is 35.0 Å². The van der Waals surface area contributed by atoms with Gasteiger partial charge in [0.05, 0.1) is 17.3 Å². The summed E-state index contributed by atoms with van der Waals surface area (Å²) >= 11 is 3.40. The molecule has 2 aromatic rings. The maximum Gasteiger partial charge on any atom is 0.247 e. The highest BCUT2D eigenvalue weighted by Crippen LogP contribution is 2.26. The van der Waals surface area contributed by atoms with Gasteiger partial charge in [-0.25, -0.2) is 0 Å². The van der Waals surface area contributed by atoms with Crippen LogP contribution >= 0.6 is 15.9 Å². The zero-order valence-corrected chi connectivity index (χ0v) is 10.7. The Balaban J connectivity index is 2.45. The smallest absolute Gasteiger partial charge is 0.247 e. The third kappa shape index (κ3) is 2.22. The third-order valence-corrected chi connectivity index (χ3v) is 2.79. The molecule has 4 heteroatoms. The van der Waals surface area contributed by atoms with Crippen LogP contribution in [-0.2, 0) is 0 Å². The zero-order valence-electron chi connectivity index (χ0n) is 9.07. The molecule has 0 radical (unpaired) electrons. The van der Waals surface area contributed by atoms with E-state index in [1.807, 2.05) is 18.2 Å². The minimum atomic E-state index is 0.497. The van der Waals surface area contributed by atoms with Crippen molar-refractivity contribution in [2.75, 3.05) is 7.11 Å². The monoisotopic (exact) mass is 278 g/mol. The lowest BCUT2D eigenvalue weighted by molar-refractivity contribution is 0.389. The van der Waals surface area contributed by atoms with E-state index in [-0.39, 0.29) is 0 Å². The molecular weight excluding hydrogens is 268 g/mol. The first kappa shape index (κ1) is 11.1. The van der Waals surface area contributed by atoms with E-state index in [0.29, 0.717) is 5.88 Å². The lowest BCUT2D eigenvalue weighted by Crippen LogP contribution is -1.94. The predicted octanol–water partition coefficient (Wildman–Crippen LogP) is 3.22. The number of benzene rings is 1. The van der Waals surface area contributed by atoms with Crippen molar-refractivity contribution in [3.05, 3.63) is 40.4 Å². The summed E-state index contributed by atoms with van der Waals surface area (Å²) < 4.78 is 5.85. The molecule has 0 aliphatic heterocycles. The van der Waals surface area contributed by atoms with Crippen LogP contribution in [0.1, 0.15) is 5.56 Å². The van der Waals surface area contributed by atoms with Crippen molar-refractivity contribution < 1.29 is 4.74 Å². The van der Waals surface area contributed by atoms with Gasteiger partial charge >= 0.3 is 0 Å². The quantitative estimate of drug-likeness (QED) is 0.846. The molecule has 0 atom stereocenters. The minimum Gasteiger partial charge on any atom is -0.479 e. The predicted molar refractivity (Wildman–Crippen MR) is 66.5 cm³/mol. The molecule has 2 rings (SSSR count). The first-order valence-electron chi connectivity index (χ1n) is 4.85. The van der Waals surface area contributed by atoms with Gasteiger partial charge in [-0.15, -0.1) is 10.2 Å². The van der Waals surface area contributed by atoms with Gasteiger partial charge in [-0.1, -0.05) is 23.8 Å². The van der Waals surface area contributed by atoms with Gasteiger partial charge in [-0.3, -0.25) is 0 Å². The maximum absolute atomic E-state index is 5.04. The van der Waals surface area contributed by atoms with Gasteiger partial charge in [0.1, 0.15) is 0 Å². The summed E-state index contributed by atoms with van der Waals surface area (Å²) in [5.74, 6) is 0.497. The second-order valence-corrected chi connectivity index (χ2v) is 4.31. The number of aromatic nitrogens is 2. The van der Waals surface area contributed by atoms with Crippen molar-refractivity contribution in [1.82, 2.24) is 10.2 Å². The summed E-state index contributed by atoms with van der Waals surface area (Å²) in [5.41, 5.74) is 3.08. The molecule has 82 valence electrons. The molecule has 0 bridgehead atoms. The van der Waals surface area contributed by atoms with Crippen molar-refractivity contribution >= 4 is 15.9 Å². The van der Waals surface area contributed by atoms with Crippen molar-refractivity contribution in [3.63, 3.8) is 0 Å². The van der Waals surface area contributed by atoms with E-state index in [1.165, 1.54) is 5.56 Å². The summed E-state index contributed by atoms with van der Waals surface area (Å²) in [7, 11) is 1.57. The van der Waals surface area contributed by atoms with Crippen LogP contribution in [0.3, 0.4) is 0 Å². The van der Waals surface area contributed by atoms with E-state index in [0.717, 1.165) is 15.7 Å². The Bertz CT molecular complexity index is 514. The first-order valence-corrected chi connectivity index (χ1v) is 5.64. The molecule has 0 spiro atoms. The van der Waals surface area contributed by atoms with Crippen molar-refractivity contribution in [1.29, 1.82) is 0 Å². The van der Waals surface area contributed by atoms with Gasteiger partial charge in [0, 0.05) is 5.56 Å². The van der Waals surface area contributed by atoms with Gasteiger partial charge in [0.25, 0.3) is 0 Å². The van der Waals surface area contributed by atoms with E-state index in [4.69, 9.17) is 4.74 Å². The van der Waals surface area contributed by atoms with Crippen LogP contribution < -0.4 is 4.74 Å². The number of methoxy groups -OCH3 is 1. The lowest BCUT2D eigenvalue weighted by Gasteiger charge is -2.04. The van der Waals surface area contributed by atoms with Crippen LogP contribution in [0.15, 0.2) is 34.8 Å². The molecular formula is C12H11BrN2O. The fourth-order valence-electron chi connectivity index (χ4n) is 1.44. The second-order valence-electron chi connectivity index (χ2n) is 3.46. The number of hydrogen-bond acceptors (Lipinski definition) is 3. The molecule has 0 unspecified atom stereocenters. The SMILES string of the molecule is COc1nnc(-c2cccc(C)c2)cc1Br. The van der Waals surface area contributed by atoms with Gasteiger partial charge in [0.2, 0.25) is 5.88 Å². The molecule has 0 saturated carbocycles. The highest BCUT2D eigenvalue weighted by atomic mass is 79.9. The summed E-state index contributed by atoms with van der Waals surface area (Å²) in [6.07, 6.45) is 0.